The predicted molar refractivity (Wildman–Crippen MR) is 77.8 cm³/mol. The lowest BCUT2D eigenvalue weighted by Crippen LogP contribution is -1.98. The van der Waals surface area contributed by atoms with Gasteiger partial charge in [-0.25, -0.2) is 0 Å². The molecule has 0 unspecified atom stereocenters. The van der Waals surface area contributed by atoms with E-state index in [4.69, 9.17) is 5.73 Å². The van der Waals surface area contributed by atoms with E-state index in [2.05, 4.69) is 27.8 Å². The third-order valence-electron chi connectivity index (χ3n) is 2.80. The summed E-state index contributed by atoms with van der Waals surface area (Å²) in [5, 5.41) is 6.63. The Morgan fingerprint density at radius 1 is 1.22 bits per heavy atom. The Hall–Kier alpha value is -2.07. The minimum atomic E-state index is 0.741. The van der Waals surface area contributed by atoms with Gasteiger partial charge in [-0.15, -0.1) is 11.3 Å². The maximum Gasteiger partial charge on any atom is 0.0743 e. The van der Waals surface area contributed by atoms with Gasteiger partial charge < -0.3 is 11.1 Å². The van der Waals surface area contributed by atoms with E-state index in [0.29, 0.717) is 0 Å². The molecule has 4 heteroatoms. The lowest BCUT2D eigenvalue weighted by atomic mass is 10.1. The number of nitrogens with zero attached hydrogens (tertiary/aromatic N) is 1. The summed E-state index contributed by atoms with van der Waals surface area (Å²) in [5.74, 6) is 0. The first-order valence-corrected chi connectivity index (χ1v) is 6.61. The second-order valence-corrected chi connectivity index (χ2v) is 5.10. The lowest BCUT2D eigenvalue weighted by molar-refractivity contribution is 1.19. The maximum absolute atomic E-state index is 5.77. The molecular formula is C14H13N3S. The van der Waals surface area contributed by atoms with Gasteiger partial charge in [0.25, 0.3) is 0 Å². The van der Waals surface area contributed by atoms with Gasteiger partial charge in [-0.05, 0) is 35.7 Å². The van der Waals surface area contributed by atoms with Crippen molar-refractivity contribution in [1.82, 2.24) is 4.98 Å². The third kappa shape index (κ3) is 2.15. The molecule has 2 heterocycles. The molecule has 3 aromatic rings. The summed E-state index contributed by atoms with van der Waals surface area (Å²) in [6.45, 7) is 0.834. The Kier molecular flexibility index (Phi) is 2.86. The van der Waals surface area contributed by atoms with Crippen molar-refractivity contribution in [3.63, 3.8) is 0 Å². The molecule has 0 atom stereocenters. The van der Waals surface area contributed by atoms with Gasteiger partial charge in [0.2, 0.25) is 0 Å². The Morgan fingerprint density at radius 2 is 2.17 bits per heavy atom. The highest BCUT2D eigenvalue weighted by Gasteiger charge is 2.02. The van der Waals surface area contributed by atoms with E-state index in [-0.39, 0.29) is 0 Å². The minimum absolute atomic E-state index is 0.741. The zero-order chi connectivity index (χ0) is 12.4. The predicted octanol–water partition coefficient (Wildman–Crippen LogP) is 3.49. The molecule has 18 heavy (non-hydrogen) atoms. The number of fused-ring (bicyclic) bond motifs is 1. The molecule has 0 fully saturated rings. The van der Waals surface area contributed by atoms with Crippen LogP contribution in [0.2, 0.25) is 0 Å². The Bertz CT molecular complexity index is 662. The van der Waals surface area contributed by atoms with Gasteiger partial charge in [0, 0.05) is 34.4 Å². The van der Waals surface area contributed by atoms with Crippen LogP contribution in [0.1, 0.15) is 4.88 Å². The molecule has 0 aliphatic rings. The topological polar surface area (TPSA) is 50.9 Å². The Morgan fingerprint density at radius 3 is 3.00 bits per heavy atom. The van der Waals surface area contributed by atoms with Crippen molar-refractivity contribution in [2.75, 3.05) is 11.1 Å². The summed E-state index contributed by atoms with van der Waals surface area (Å²) >= 11 is 1.75. The van der Waals surface area contributed by atoms with Crippen molar-refractivity contribution in [2.45, 2.75) is 6.54 Å². The molecule has 0 amide bonds. The van der Waals surface area contributed by atoms with E-state index in [1.165, 1.54) is 4.88 Å². The molecule has 3 nitrogen and oxygen atoms in total. The van der Waals surface area contributed by atoms with E-state index in [0.717, 1.165) is 28.8 Å². The summed E-state index contributed by atoms with van der Waals surface area (Å²) in [7, 11) is 0. The monoisotopic (exact) mass is 255 g/mol. The molecule has 0 saturated heterocycles. The molecule has 0 saturated carbocycles. The van der Waals surface area contributed by atoms with E-state index in [1.54, 1.807) is 17.5 Å². The minimum Gasteiger partial charge on any atom is -0.399 e. The number of benzene rings is 1. The molecule has 0 bridgehead atoms. The van der Waals surface area contributed by atoms with Crippen molar-refractivity contribution in [3.8, 4) is 0 Å². The van der Waals surface area contributed by atoms with Crippen LogP contribution >= 0.6 is 11.3 Å². The van der Waals surface area contributed by atoms with E-state index in [9.17, 15) is 0 Å². The molecule has 0 aliphatic heterocycles. The van der Waals surface area contributed by atoms with Gasteiger partial charge in [-0.3, -0.25) is 4.98 Å². The van der Waals surface area contributed by atoms with Gasteiger partial charge in [0.1, 0.15) is 0 Å². The first-order chi connectivity index (χ1) is 8.83. The van der Waals surface area contributed by atoms with Gasteiger partial charge in [-0.1, -0.05) is 6.07 Å². The largest absolute Gasteiger partial charge is 0.399 e. The van der Waals surface area contributed by atoms with Crippen molar-refractivity contribution < 1.29 is 0 Å². The first-order valence-electron chi connectivity index (χ1n) is 5.73. The van der Waals surface area contributed by atoms with Crippen LogP contribution < -0.4 is 11.1 Å². The van der Waals surface area contributed by atoms with Crippen molar-refractivity contribution in [1.29, 1.82) is 0 Å². The fourth-order valence-corrected chi connectivity index (χ4v) is 2.56. The highest BCUT2D eigenvalue weighted by Crippen LogP contribution is 2.24. The molecule has 2 aromatic heterocycles. The average Bonchev–Trinajstić information content (AvgIpc) is 2.89. The smallest absolute Gasteiger partial charge is 0.0743 e. The zero-order valence-electron chi connectivity index (χ0n) is 9.76. The summed E-state index contributed by atoms with van der Waals surface area (Å²) in [6, 6.07) is 12.0. The molecule has 3 N–H and O–H groups in total. The van der Waals surface area contributed by atoms with Crippen LogP contribution in [0.25, 0.3) is 10.9 Å². The van der Waals surface area contributed by atoms with Gasteiger partial charge in [0.05, 0.1) is 5.52 Å². The van der Waals surface area contributed by atoms with Crippen molar-refractivity contribution in [2.24, 2.45) is 0 Å². The average molecular weight is 255 g/mol. The number of pyridine rings is 1. The fourth-order valence-electron chi connectivity index (χ4n) is 1.91. The van der Waals surface area contributed by atoms with Crippen molar-refractivity contribution >= 4 is 33.6 Å². The zero-order valence-corrected chi connectivity index (χ0v) is 10.6. The number of nitrogens with two attached hydrogens (primary N) is 1. The van der Waals surface area contributed by atoms with Crippen LogP contribution in [0.4, 0.5) is 11.4 Å². The summed E-state index contributed by atoms with van der Waals surface area (Å²) in [6.07, 6.45) is 1.80. The number of nitrogens with one attached hydrogen (secondary N) is 1. The molecule has 90 valence electrons. The van der Waals surface area contributed by atoms with Crippen LogP contribution in [-0.2, 0) is 6.54 Å². The number of hydrogen-bond acceptors (Lipinski definition) is 4. The Balaban J connectivity index is 1.92. The van der Waals surface area contributed by atoms with Crippen LogP contribution in [0, 0.1) is 0 Å². The van der Waals surface area contributed by atoms with Crippen LogP contribution in [0.3, 0.4) is 0 Å². The highest BCUT2D eigenvalue weighted by molar-refractivity contribution is 7.09. The third-order valence-corrected chi connectivity index (χ3v) is 3.68. The number of thiophene rings is 1. The van der Waals surface area contributed by atoms with Gasteiger partial charge in [0.15, 0.2) is 0 Å². The highest BCUT2D eigenvalue weighted by atomic mass is 32.1. The van der Waals surface area contributed by atoms with Crippen LogP contribution in [-0.4, -0.2) is 4.98 Å². The van der Waals surface area contributed by atoms with Crippen LogP contribution in [0.15, 0.2) is 48.0 Å². The SMILES string of the molecule is Nc1ccc2c(NCc3cccs3)ccnc2c1. The molecule has 0 spiro atoms. The summed E-state index contributed by atoms with van der Waals surface area (Å²) in [4.78, 5) is 5.65. The first kappa shape index (κ1) is 11.0. The molecule has 1 aromatic carbocycles. The maximum atomic E-state index is 5.77. The van der Waals surface area contributed by atoms with E-state index >= 15 is 0 Å². The van der Waals surface area contributed by atoms with Gasteiger partial charge in [-0.2, -0.15) is 0 Å². The second-order valence-electron chi connectivity index (χ2n) is 4.07. The molecule has 3 rings (SSSR count). The van der Waals surface area contributed by atoms with E-state index < -0.39 is 0 Å². The number of nitrogen functional groups attached to an aromatic ring is 1. The quantitative estimate of drug-likeness (QED) is 0.704. The van der Waals surface area contributed by atoms with Crippen LogP contribution in [0.5, 0.6) is 0 Å². The normalized spacial score (nSPS) is 10.7. The Labute approximate surface area is 109 Å². The number of hydrogen-bond donors (Lipinski definition) is 2. The summed E-state index contributed by atoms with van der Waals surface area (Å²) < 4.78 is 0. The summed E-state index contributed by atoms with van der Waals surface area (Å²) in [5.41, 5.74) is 8.52. The molecule has 0 aliphatic carbocycles. The lowest BCUT2D eigenvalue weighted by Gasteiger charge is -2.08. The number of anilines is 2. The number of rotatable bonds is 3. The standard InChI is InChI=1S/C14H13N3S/c15-10-3-4-12-13(5-6-16-14(12)8-10)17-9-11-2-1-7-18-11/h1-8H,9,15H2,(H,16,17). The molecular weight excluding hydrogens is 242 g/mol. The second kappa shape index (κ2) is 4.66. The molecule has 0 radical (unpaired) electrons. The fraction of sp³-hybridized carbons (Fsp3) is 0.0714. The number of aromatic nitrogens is 1. The van der Waals surface area contributed by atoms with E-state index in [1.807, 2.05) is 24.3 Å². The van der Waals surface area contributed by atoms with Gasteiger partial charge >= 0.3 is 0 Å². The van der Waals surface area contributed by atoms with Crippen molar-refractivity contribution in [3.05, 3.63) is 52.9 Å².